The molecule has 0 N–H and O–H groups in total. The quantitative estimate of drug-likeness (QED) is 0.680. The molecule has 1 heterocycles. The molecule has 0 spiro atoms. The van der Waals surface area contributed by atoms with Crippen molar-refractivity contribution in [1.82, 2.24) is 9.80 Å². The maximum absolute atomic E-state index is 12.5. The van der Waals surface area contributed by atoms with Crippen molar-refractivity contribution in [1.29, 1.82) is 0 Å². The molecular formula is C21H25ClN2O3. The van der Waals surface area contributed by atoms with Crippen LogP contribution >= 0.6 is 11.6 Å². The number of hydrogen-bond acceptors (Lipinski definition) is 4. The van der Waals surface area contributed by atoms with E-state index < -0.39 is 0 Å². The number of benzene rings is 2. The maximum Gasteiger partial charge on any atom is 0.253 e. The van der Waals surface area contributed by atoms with Crippen LogP contribution in [0, 0.1) is 0 Å². The van der Waals surface area contributed by atoms with Gasteiger partial charge >= 0.3 is 0 Å². The molecule has 2 aromatic rings. The molecular weight excluding hydrogens is 364 g/mol. The SMILES string of the molecule is COc1ccc(OCCCN2CCN(C(=O)c3ccc(Cl)cc3)CC2)cc1. The highest BCUT2D eigenvalue weighted by molar-refractivity contribution is 6.30. The van der Waals surface area contributed by atoms with Crippen molar-refractivity contribution in [2.24, 2.45) is 0 Å². The van der Waals surface area contributed by atoms with Crippen LogP contribution in [0.5, 0.6) is 11.5 Å². The van der Waals surface area contributed by atoms with Crippen LogP contribution in [0.4, 0.5) is 0 Å². The van der Waals surface area contributed by atoms with Crippen LogP contribution in [-0.2, 0) is 0 Å². The summed E-state index contributed by atoms with van der Waals surface area (Å²) in [5, 5.41) is 0.647. The monoisotopic (exact) mass is 388 g/mol. The van der Waals surface area contributed by atoms with E-state index in [2.05, 4.69) is 4.90 Å². The van der Waals surface area contributed by atoms with Crippen molar-refractivity contribution in [3.63, 3.8) is 0 Å². The third-order valence-electron chi connectivity index (χ3n) is 4.70. The first-order valence-electron chi connectivity index (χ1n) is 9.20. The predicted molar refractivity (Wildman–Crippen MR) is 107 cm³/mol. The molecule has 6 heteroatoms. The number of carbonyl (C=O) groups excluding carboxylic acids is 1. The van der Waals surface area contributed by atoms with E-state index >= 15 is 0 Å². The van der Waals surface area contributed by atoms with Gasteiger partial charge in [0, 0.05) is 43.3 Å². The Morgan fingerprint density at radius 1 is 0.963 bits per heavy atom. The first kappa shape index (κ1) is 19.5. The van der Waals surface area contributed by atoms with Gasteiger partial charge in [-0.2, -0.15) is 0 Å². The Balaban J connectivity index is 1.35. The summed E-state index contributed by atoms with van der Waals surface area (Å²) < 4.78 is 10.9. The van der Waals surface area contributed by atoms with Crippen LogP contribution in [0.1, 0.15) is 16.8 Å². The van der Waals surface area contributed by atoms with Gasteiger partial charge in [-0.3, -0.25) is 9.69 Å². The zero-order valence-corrected chi connectivity index (χ0v) is 16.3. The minimum Gasteiger partial charge on any atom is -0.497 e. The molecule has 1 amide bonds. The Kier molecular flexibility index (Phi) is 6.96. The molecule has 3 rings (SSSR count). The topological polar surface area (TPSA) is 42.0 Å². The van der Waals surface area contributed by atoms with Gasteiger partial charge in [-0.1, -0.05) is 11.6 Å². The first-order chi connectivity index (χ1) is 13.2. The molecule has 0 aliphatic carbocycles. The lowest BCUT2D eigenvalue weighted by molar-refractivity contribution is 0.0630. The number of halogens is 1. The molecule has 0 unspecified atom stereocenters. The van der Waals surface area contributed by atoms with Gasteiger partial charge in [0.1, 0.15) is 11.5 Å². The Bertz CT molecular complexity index is 726. The smallest absolute Gasteiger partial charge is 0.253 e. The molecule has 0 atom stereocenters. The van der Waals surface area contributed by atoms with Crippen LogP contribution in [0.25, 0.3) is 0 Å². The van der Waals surface area contributed by atoms with Crippen molar-refractivity contribution in [3.8, 4) is 11.5 Å². The highest BCUT2D eigenvalue weighted by Crippen LogP contribution is 2.17. The molecule has 0 aromatic heterocycles. The lowest BCUT2D eigenvalue weighted by Gasteiger charge is -2.34. The summed E-state index contributed by atoms with van der Waals surface area (Å²) >= 11 is 5.89. The van der Waals surface area contributed by atoms with Crippen molar-refractivity contribution in [2.45, 2.75) is 6.42 Å². The summed E-state index contributed by atoms with van der Waals surface area (Å²) in [4.78, 5) is 16.8. The average Bonchev–Trinajstić information content (AvgIpc) is 2.72. The number of nitrogens with zero attached hydrogens (tertiary/aromatic N) is 2. The summed E-state index contributed by atoms with van der Waals surface area (Å²) in [5.41, 5.74) is 0.695. The van der Waals surface area contributed by atoms with E-state index in [0.29, 0.717) is 17.2 Å². The van der Waals surface area contributed by atoms with Crippen LogP contribution in [0.15, 0.2) is 48.5 Å². The minimum absolute atomic E-state index is 0.0779. The van der Waals surface area contributed by atoms with E-state index in [1.165, 1.54) is 0 Å². The fourth-order valence-electron chi connectivity index (χ4n) is 3.10. The first-order valence-corrected chi connectivity index (χ1v) is 9.57. The fourth-order valence-corrected chi connectivity index (χ4v) is 3.23. The highest BCUT2D eigenvalue weighted by Gasteiger charge is 2.21. The average molecular weight is 389 g/mol. The van der Waals surface area contributed by atoms with E-state index in [9.17, 15) is 4.79 Å². The molecule has 0 bridgehead atoms. The van der Waals surface area contributed by atoms with Crippen LogP contribution < -0.4 is 9.47 Å². The number of carbonyl (C=O) groups is 1. The second-order valence-corrected chi connectivity index (χ2v) is 6.95. The molecule has 1 fully saturated rings. The molecule has 1 aliphatic heterocycles. The van der Waals surface area contributed by atoms with E-state index in [0.717, 1.165) is 50.6 Å². The lowest BCUT2D eigenvalue weighted by Crippen LogP contribution is -2.49. The molecule has 0 radical (unpaired) electrons. The summed E-state index contributed by atoms with van der Waals surface area (Å²) in [6, 6.07) is 14.7. The van der Waals surface area contributed by atoms with E-state index in [4.69, 9.17) is 21.1 Å². The molecule has 1 saturated heterocycles. The molecule has 144 valence electrons. The number of hydrogen-bond donors (Lipinski definition) is 0. The Morgan fingerprint density at radius 3 is 2.22 bits per heavy atom. The van der Waals surface area contributed by atoms with Crippen LogP contribution in [-0.4, -0.2) is 62.1 Å². The molecule has 27 heavy (non-hydrogen) atoms. The lowest BCUT2D eigenvalue weighted by atomic mass is 10.2. The largest absolute Gasteiger partial charge is 0.497 e. The zero-order chi connectivity index (χ0) is 19.1. The van der Waals surface area contributed by atoms with E-state index in [1.807, 2.05) is 29.2 Å². The van der Waals surface area contributed by atoms with Crippen molar-refractivity contribution < 1.29 is 14.3 Å². The zero-order valence-electron chi connectivity index (χ0n) is 15.6. The molecule has 2 aromatic carbocycles. The number of ether oxygens (including phenoxy) is 2. The summed E-state index contributed by atoms with van der Waals surface area (Å²) in [6.45, 7) is 4.93. The van der Waals surface area contributed by atoms with Gasteiger partial charge in [-0.25, -0.2) is 0 Å². The van der Waals surface area contributed by atoms with Crippen molar-refractivity contribution in [3.05, 3.63) is 59.1 Å². The Morgan fingerprint density at radius 2 is 1.59 bits per heavy atom. The second kappa shape index (κ2) is 9.62. The van der Waals surface area contributed by atoms with Crippen LogP contribution in [0.2, 0.25) is 5.02 Å². The molecule has 5 nitrogen and oxygen atoms in total. The summed E-state index contributed by atoms with van der Waals surface area (Å²) in [5.74, 6) is 1.76. The van der Waals surface area contributed by atoms with Gasteiger partial charge in [0.2, 0.25) is 0 Å². The van der Waals surface area contributed by atoms with Gasteiger partial charge in [0.05, 0.1) is 13.7 Å². The fraction of sp³-hybridized carbons (Fsp3) is 0.381. The molecule has 1 aliphatic rings. The van der Waals surface area contributed by atoms with Crippen molar-refractivity contribution >= 4 is 17.5 Å². The van der Waals surface area contributed by atoms with Gasteiger partial charge in [0.25, 0.3) is 5.91 Å². The van der Waals surface area contributed by atoms with Gasteiger partial charge in [-0.15, -0.1) is 0 Å². The summed E-state index contributed by atoms with van der Waals surface area (Å²) in [7, 11) is 1.65. The maximum atomic E-state index is 12.5. The third kappa shape index (κ3) is 5.62. The Hall–Kier alpha value is -2.24. The number of rotatable bonds is 7. The van der Waals surface area contributed by atoms with Gasteiger partial charge in [-0.05, 0) is 55.0 Å². The number of piperazine rings is 1. The second-order valence-electron chi connectivity index (χ2n) is 6.52. The normalized spacial score (nSPS) is 14.8. The standard InChI is InChI=1S/C21H25ClN2O3/c1-26-19-7-9-20(10-8-19)27-16-2-11-23-12-14-24(15-13-23)21(25)17-3-5-18(22)6-4-17/h3-10H,2,11-16H2,1H3. The number of methoxy groups -OCH3 is 1. The third-order valence-corrected chi connectivity index (χ3v) is 4.95. The molecule has 0 saturated carbocycles. The van der Waals surface area contributed by atoms with Gasteiger partial charge in [0.15, 0.2) is 0 Å². The van der Waals surface area contributed by atoms with Gasteiger partial charge < -0.3 is 14.4 Å². The Labute approximate surface area is 165 Å². The van der Waals surface area contributed by atoms with Crippen molar-refractivity contribution in [2.75, 3.05) is 46.4 Å². The van der Waals surface area contributed by atoms with Crippen LogP contribution in [0.3, 0.4) is 0 Å². The minimum atomic E-state index is 0.0779. The summed E-state index contributed by atoms with van der Waals surface area (Å²) in [6.07, 6.45) is 0.956. The van der Waals surface area contributed by atoms with E-state index in [1.54, 1.807) is 31.4 Å². The number of amides is 1. The van der Waals surface area contributed by atoms with E-state index in [-0.39, 0.29) is 5.91 Å². The predicted octanol–water partition coefficient (Wildman–Crippen LogP) is 3.58. The highest BCUT2D eigenvalue weighted by atomic mass is 35.5.